The third-order valence-electron chi connectivity index (χ3n) is 3.58. The van der Waals surface area contributed by atoms with Crippen LogP contribution in [0.3, 0.4) is 0 Å². The zero-order valence-electron chi connectivity index (χ0n) is 14.2. The fourth-order valence-electron chi connectivity index (χ4n) is 2.33. The topological polar surface area (TPSA) is 56.8 Å². The predicted octanol–water partition coefficient (Wildman–Crippen LogP) is 3.36. The molecule has 2 aromatic rings. The van der Waals surface area contributed by atoms with Crippen molar-refractivity contribution in [2.75, 3.05) is 27.6 Å². The van der Waals surface area contributed by atoms with Crippen LogP contribution >= 0.6 is 11.8 Å². The first-order chi connectivity index (χ1) is 11.6. The van der Waals surface area contributed by atoms with E-state index in [1.807, 2.05) is 30.5 Å². The number of carbonyl (C=O) groups is 1. The summed E-state index contributed by atoms with van der Waals surface area (Å²) in [6, 6.07) is 11.1. The minimum Gasteiger partial charge on any atom is -0.496 e. The second-order valence-electron chi connectivity index (χ2n) is 4.90. The van der Waals surface area contributed by atoms with Crippen molar-refractivity contribution in [2.45, 2.75) is 11.4 Å². The first-order valence-electron chi connectivity index (χ1n) is 7.34. The summed E-state index contributed by atoms with van der Waals surface area (Å²) in [5, 5.41) is 2.92. The molecular weight excluding hydrogens is 326 g/mol. The Bertz CT molecular complexity index is 718. The lowest BCUT2D eigenvalue weighted by molar-refractivity contribution is 0.0947. The van der Waals surface area contributed by atoms with Gasteiger partial charge < -0.3 is 19.5 Å². The summed E-state index contributed by atoms with van der Waals surface area (Å²) in [6.07, 6.45) is 1.95. The van der Waals surface area contributed by atoms with Crippen LogP contribution in [0.5, 0.6) is 17.2 Å². The van der Waals surface area contributed by atoms with Crippen LogP contribution in [0.2, 0.25) is 0 Å². The zero-order valence-corrected chi connectivity index (χ0v) is 15.0. The van der Waals surface area contributed by atoms with Crippen molar-refractivity contribution in [1.82, 2.24) is 5.32 Å². The standard InChI is InChI=1S/C18H21NO4S/c1-21-14-10-16(23-3)15(22-2)9-12(14)11-19-18(20)13-7-5-6-8-17(13)24-4/h5-10H,11H2,1-4H3,(H,19,20). The quantitative estimate of drug-likeness (QED) is 0.778. The molecule has 0 saturated carbocycles. The Morgan fingerprint density at radius 2 is 1.62 bits per heavy atom. The maximum atomic E-state index is 12.5. The Morgan fingerprint density at radius 1 is 1.00 bits per heavy atom. The van der Waals surface area contributed by atoms with Gasteiger partial charge in [0, 0.05) is 23.1 Å². The number of hydrogen-bond donors (Lipinski definition) is 1. The molecule has 5 nitrogen and oxygen atoms in total. The lowest BCUT2D eigenvalue weighted by atomic mass is 10.1. The highest BCUT2D eigenvalue weighted by Crippen LogP contribution is 2.34. The molecule has 0 fully saturated rings. The Hall–Kier alpha value is -2.34. The molecule has 0 bridgehead atoms. The lowest BCUT2D eigenvalue weighted by Crippen LogP contribution is -2.23. The molecular formula is C18H21NO4S. The van der Waals surface area contributed by atoms with Crippen molar-refractivity contribution in [1.29, 1.82) is 0 Å². The van der Waals surface area contributed by atoms with E-state index in [9.17, 15) is 4.79 Å². The number of rotatable bonds is 7. The lowest BCUT2D eigenvalue weighted by Gasteiger charge is -2.15. The third kappa shape index (κ3) is 3.94. The van der Waals surface area contributed by atoms with Gasteiger partial charge in [-0.05, 0) is 24.5 Å². The molecule has 0 aliphatic heterocycles. The smallest absolute Gasteiger partial charge is 0.252 e. The Morgan fingerprint density at radius 3 is 2.25 bits per heavy atom. The van der Waals surface area contributed by atoms with Crippen LogP contribution in [0, 0.1) is 0 Å². The van der Waals surface area contributed by atoms with E-state index in [0.717, 1.165) is 10.5 Å². The molecule has 0 spiro atoms. The van der Waals surface area contributed by atoms with Gasteiger partial charge in [0.1, 0.15) is 5.75 Å². The van der Waals surface area contributed by atoms with E-state index in [1.54, 1.807) is 45.2 Å². The molecule has 6 heteroatoms. The van der Waals surface area contributed by atoms with Crippen LogP contribution in [-0.4, -0.2) is 33.5 Å². The van der Waals surface area contributed by atoms with Crippen LogP contribution in [0.4, 0.5) is 0 Å². The molecule has 2 aromatic carbocycles. The van der Waals surface area contributed by atoms with Crippen LogP contribution in [0.15, 0.2) is 41.3 Å². The van der Waals surface area contributed by atoms with E-state index < -0.39 is 0 Å². The maximum absolute atomic E-state index is 12.5. The summed E-state index contributed by atoms with van der Waals surface area (Å²) in [6.45, 7) is 0.324. The molecule has 0 atom stereocenters. The first-order valence-corrected chi connectivity index (χ1v) is 8.57. The Balaban J connectivity index is 2.20. The van der Waals surface area contributed by atoms with Crippen molar-refractivity contribution in [2.24, 2.45) is 0 Å². The highest BCUT2D eigenvalue weighted by molar-refractivity contribution is 7.98. The number of ether oxygens (including phenoxy) is 3. The molecule has 0 saturated heterocycles. The third-order valence-corrected chi connectivity index (χ3v) is 4.37. The normalized spacial score (nSPS) is 10.2. The fraction of sp³-hybridized carbons (Fsp3) is 0.278. The number of hydrogen-bond acceptors (Lipinski definition) is 5. The minimum atomic E-state index is -0.128. The van der Waals surface area contributed by atoms with Gasteiger partial charge in [0.2, 0.25) is 0 Å². The van der Waals surface area contributed by atoms with Crippen molar-refractivity contribution in [3.63, 3.8) is 0 Å². The molecule has 0 radical (unpaired) electrons. The molecule has 128 valence electrons. The predicted molar refractivity (Wildman–Crippen MR) is 95.5 cm³/mol. The van der Waals surface area contributed by atoms with Gasteiger partial charge in [0.05, 0.1) is 26.9 Å². The summed E-state index contributed by atoms with van der Waals surface area (Å²) in [5.41, 5.74) is 1.47. The van der Waals surface area contributed by atoms with Gasteiger partial charge in [-0.15, -0.1) is 11.8 Å². The van der Waals surface area contributed by atoms with Crippen molar-refractivity contribution in [3.8, 4) is 17.2 Å². The van der Waals surface area contributed by atoms with E-state index in [-0.39, 0.29) is 5.91 Å². The van der Waals surface area contributed by atoms with Crippen LogP contribution < -0.4 is 19.5 Å². The second-order valence-corrected chi connectivity index (χ2v) is 5.75. The molecule has 1 N–H and O–H groups in total. The van der Waals surface area contributed by atoms with Gasteiger partial charge in [0.25, 0.3) is 5.91 Å². The van der Waals surface area contributed by atoms with E-state index in [2.05, 4.69) is 5.32 Å². The van der Waals surface area contributed by atoms with Crippen LogP contribution in [0.1, 0.15) is 15.9 Å². The molecule has 0 unspecified atom stereocenters. The molecule has 24 heavy (non-hydrogen) atoms. The van der Waals surface area contributed by atoms with Gasteiger partial charge in [-0.2, -0.15) is 0 Å². The second kappa shape index (κ2) is 8.49. The average Bonchev–Trinajstić information content (AvgIpc) is 2.65. The summed E-state index contributed by atoms with van der Waals surface area (Å²) in [7, 11) is 4.72. The van der Waals surface area contributed by atoms with Crippen LogP contribution in [0.25, 0.3) is 0 Å². The maximum Gasteiger partial charge on any atom is 0.252 e. The number of thioether (sulfide) groups is 1. The summed E-state index contributed by atoms with van der Waals surface area (Å²) in [5.74, 6) is 1.67. The number of benzene rings is 2. The van der Waals surface area contributed by atoms with Crippen molar-refractivity contribution < 1.29 is 19.0 Å². The monoisotopic (exact) mass is 347 g/mol. The summed E-state index contributed by atoms with van der Waals surface area (Å²) in [4.78, 5) is 13.4. The molecule has 0 aliphatic rings. The van der Waals surface area contributed by atoms with E-state index in [1.165, 1.54) is 0 Å². The number of methoxy groups -OCH3 is 3. The largest absolute Gasteiger partial charge is 0.496 e. The van der Waals surface area contributed by atoms with E-state index in [0.29, 0.717) is 29.4 Å². The number of carbonyl (C=O) groups excluding carboxylic acids is 1. The fourth-order valence-corrected chi connectivity index (χ4v) is 2.93. The van der Waals surface area contributed by atoms with Gasteiger partial charge in [0.15, 0.2) is 11.5 Å². The van der Waals surface area contributed by atoms with Crippen LogP contribution in [-0.2, 0) is 6.54 Å². The number of amides is 1. The minimum absolute atomic E-state index is 0.128. The zero-order chi connectivity index (χ0) is 17.5. The van der Waals surface area contributed by atoms with E-state index in [4.69, 9.17) is 14.2 Å². The first kappa shape index (κ1) is 18.0. The highest BCUT2D eigenvalue weighted by Gasteiger charge is 2.14. The Kier molecular flexibility index (Phi) is 6.37. The van der Waals surface area contributed by atoms with Crippen molar-refractivity contribution >= 4 is 17.7 Å². The van der Waals surface area contributed by atoms with Gasteiger partial charge in [-0.1, -0.05) is 12.1 Å². The highest BCUT2D eigenvalue weighted by atomic mass is 32.2. The summed E-state index contributed by atoms with van der Waals surface area (Å²) < 4.78 is 16.0. The van der Waals surface area contributed by atoms with Gasteiger partial charge >= 0.3 is 0 Å². The van der Waals surface area contributed by atoms with Crippen molar-refractivity contribution in [3.05, 3.63) is 47.5 Å². The Labute approximate surface area is 146 Å². The number of nitrogens with one attached hydrogen (secondary N) is 1. The molecule has 0 heterocycles. The van der Waals surface area contributed by atoms with Gasteiger partial charge in [-0.3, -0.25) is 4.79 Å². The molecule has 0 aromatic heterocycles. The molecule has 1 amide bonds. The molecule has 2 rings (SSSR count). The van der Waals surface area contributed by atoms with E-state index >= 15 is 0 Å². The average molecular weight is 347 g/mol. The SMILES string of the molecule is COc1cc(OC)c(OC)cc1CNC(=O)c1ccccc1SC. The van der Waals surface area contributed by atoms with Gasteiger partial charge in [-0.25, -0.2) is 0 Å². The summed E-state index contributed by atoms with van der Waals surface area (Å²) >= 11 is 1.54. The molecule has 0 aliphatic carbocycles.